The molecule has 1 fully saturated rings. The van der Waals surface area contributed by atoms with Gasteiger partial charge in [-0.2, -0.15) is 5.26 Å². The fourth-order valence-electron chi connectivity index (χ4n) is 1.78. The molecular formula is C10H17NO. The topological polar surface area (TPSA) is 33.0 Å². The second-order valence-electron chi connectivity index (χ2n) is 3.95. The minimum atomic E-state index is -0.427. The second kappa shape index (κ2) is 3.45. The van der Waals surface area contributed by atoms with E-state index in [1.54, 1.807) is 0 Å². The highest BCUT2D eigenvalue weighted by atomic mass is 16.5. The van der Waals surface area contributed by atoms with E-state index in [9.17, 15) is 0 Å². The van der Waals surface area contributed by atoms with Crippen LogP contribution in [0.2, 0.25) is 0 Å². The molecule has 0 aromatic rings. The smallest absolute Gasteiger partial charge is 0.154 e. The summed E-state index contributed by atoms with van der Waals surface area (Å²) in [5.74, 6) is 1.38. The van der Waals surface area contributed by atoms with Gasteiger partial charge in [0.15, 0.2) is 5.60 Å². The van der Waals surface area contributed by atoms with Crippen LogP contribution < -0.4 is 0 Å². The summed E-state index contributed by atoms with van der Waals surface area (Å²) < 4.78 is 5.43. The van der Waals surface area contributed by atoms with E-state index in [-0.39, 0.29) is 0 Å². The van der Waals surface area contributed by atoms with Crippen molar-refractivity contribution in [2.24, 2.45) is 11.8 Å². The van der Waals surface area contributed by atoms with Gasteiger partial charge in [0, 0.05) is 6.61 Å². The Morgan fingerprint density at radius 3 is 2.50 bits per heavy atom. The molecule has 0 radical (unpaired) electrons. The van der Waals surface area contributed by atoms with Gasteiger partial charge < -0.3 is 4.74 Å². The van der Waals surface area contributed by atoms with E-state index < -0.39 is 5.60 Å². The first-order chi connectivity index (χ1) is 5.63. The summed E-state index contributed by atoms with van der Waals surface area (Å²) in [6.07, 6.45) is 1.85. The van der Waals surface area contributed by atoms with Crippen LogP contribution in [0.3, 0.4) is 0 Å². The summed E-state index contributed by atoms with van der Waals surface area (Å²) in [6, 6.07) is 2.28. The SMILES string of the molecule is CCOC1(C#N)CC(C(C)C)C1. The Hall–Kier alpha value is -0.550. The molecular weight excluding hydrogens is 150 g/mol. The zero-order valence-electron chi connectivity index (χ0n) is 8.13. The van der Waals surface area contributed by atoms with Crippen molar-refractivity contribution >= 4 is 0 Å². The van der Waals surface area contributed by atoms with Crippen LogP contribution in [-0.4, -0.2) is 12.2 Å². The molecule has 2 heteroatoms. The monoisotopic (exact) mass is 167 g/mol. The molecule has 1 rings (SSSR count). The lowest BCUT2D eigenvalue weighted by Crippen LogP contribution is -2.46. The van der Waals surface area contributed by atoms with E-state index in [2.05, 4.69) is 19.9 Å². The Kier molecular flexibility index (Phi) is 2.74. The summed E-state index contributed by atoms with van der Waals surface area (Å²) in [5.41, 5.74) is -0.427. The Morgan fingerprint density at radius 1 is 1.58 bits per heavy atom. The molecule has 0 amide bonds. The summed E-state index contributed by atoms with van der Waals surface area (Å²) in [5, 5.41) is 8.89. The van der Waals surface area contributed by atoms with Gasteiger partial charge in [0.1, 0.15) is 0 Å². The first-order valence-electron chi connectivity index (χ1n) is 4.69. The number of nitrogens with zero attached hydrogens (tertiary/aromatic N) is 1. The molecule has 0 aliphatic heterocycles. The average molecular weight is 167 g/mol. The first kappa shape index (κ1) is 9.54. The molecule has 0 atom stereocenters. The Balaban J connectivity index is 2.42. The van der Waals surface area contributed by atoms with Crippen LogP contribution in [0.4, 0.5) is 0 Å². The van der Waals surface area contributed by atoms with Crippen LogP contribution >= 0.6 is 0 Å². The number of nitriles is 1. The predicted octanol–water partition coefficient (Wildman–Crippen LogP) is 2.35. The van der Waals surface area contributed by atoms with Crippen LogP contribution in [0.25, 0.3) is 0 Å². The van der Waals surface area contributed by atoms with Gasteiger partial charge in [-0.15, -0.1) is 0 Å². The summed E-state index contributed by atoms with van der Waals surface area (Å²) in [7, 11) is 0. The fraction of sp³-hybridized carbons (Fsp3) is 0.900. The highest BCUT2D eigenvalue weighted by Gasteiger charge is 2.46. The molecule has 0 heterocycles. The first-order valence-corrected chi connectivity index (χ1v) is 4.69. The van der Waals surface area contributed by atoms with Crippen LogP contribution in [0.1, 0.15) is 33.6 Å². The molecule has 12 heavy (non-hydrogen) atoms. The Labute approximate surface area is 74.5 Å². The minimum Gasteiger partial charge on any atom is -0.360 e. The second-order valence-corrected chi connectivity index (χ2v) is 3.95. The molecule has 0 aromatic carbocycles. The molecule has 1 aliphatic carbocycles. The molecule has 0 unspecified atom stereocenters. The molecule has 0 bridgehead atoms. The van der Waals surface area contributed by atoms with Crippen molar-refractivity contribution in [1.29, 1.82) is 5.26 Å². The van der Waals surface area contributed by atoms with Crippen LogP contribution in [0, 0.1) is 23.2 Å². The van der Waals surface area contributed by atoms with Gasteiger partial charge in [0.2, 0.25) is 0 Å². The van der Waals surface area contributed by atoms with Crippen molar-refractivity contribution < 1.29 is 4.74 Å². The zero-order chi connectivity index (χ0) is 9.19. The standard InChI is InChI=1S/C10H17NO/c1-4-12-10(7-11)5-9(6-10)8(2)3/h8-9H,4-6H2,1-3H3. The maximum Gasteiger partial charge on any atom is 0.154 e. The van der Waals surface area contributed by atoms with Gasteiger partial charge in [-0.05, 0) is 31.6 Å². The predicted molar refractivity (Wildman–Crippen MR) is 47.5 cm³/mol. The van der Waals surface area contributed by atoms with E-state index in [1.807, 2.05) is 6.92 Å². The fourth-order valence-corrected chi connectivity index (χ4v) is 1.78. The summed E-state index contributed by atoms with van der Waals surface area (Å²) in [6.45, 7) is 7.01. The van der Waals surface area contributed by atoms with Crippen molar-refractivity contribution in [3.05, 3.63) is 0 Å². The number of ether oxygens (including phenoxy) is 1. The van der Waals surface area contributed by atoms with Crippen LogP contribution in [0.5, 0.6) is 0 Å². The largest absolute Gasteiger partial charge is 0.360 e. The van der Waals surface area contributed by atoms with Gasteiger partial charge in [-0.3, -0.25) is 0 Å². The maximum absolute atomic E-state index is 8.89. The zero-order valence-corrected chi connectivity index (χ0v) is 8.13. The highest BCUT2D eigenvalue weighted by molar-refractivity contribution is 5.11. The van der Waals surface area contributed by atoms with Crippen molar-refractivity contribution in [1.82, 2.24) is 0 Å². The summed E-state index contributed by atoms with van der Waals surface area (Å²) >= 11 is 0. The quantitative estimate of drug-likeness (QED) is 0.646. The third-order valence-electron chi connectivity index (χ3n) is 2.75. The third kappa shape index (κ3) is 1.61. The van der Waals surface area contributed by atoms with Gasteiger partial charge >= 0.3 is 0 Å². The third-order valence-corrected chi connectivity index (χ3v) is 2.75. The number of hydrogen-bond acceptors (Lipinski definition) is 2. The van der Waals surface area contributed by atoms with E-state index in [1.165, 1.54) is 0 Å². The Morgan fingerprint density at radius 2 is 2.17 bits per heavy atom. The van der Waals surface area contributed by atoms with E-state index >= 15 is 0 Å². The lowest BCUT2D eigenvalue weighted by molar-refractivity contribution is -0.0931. The van der Waals surface area contributed by atoms with E-state index in [0.29, 0.717) is 18.4 Å². The maximum atomic E-state index is 8.89. The van der Waals surface area contributed by atoms with Gasteiger partial charge in [-0.1, -0.05) is 13.8 Å². The van der Waals surface area contributed by atoms with E-state index in [4.69, 9.17) is 10.00 Å². The van der Waals surface area contributed by atoms with Crippen molar-refractivity contribution in [2.75, 3.05) is 6.61 Å². The summed E-state index contributed by atoms with van der Waals surface area (Å²) in [4.78, 5) is 0. The van der Waals surface area contributed by atoms with Crippen molar-refractivity contribution in [3.63, 3.8) is 0 Å². The minimum absolute atomic E-state index is 0.427. The molecule has 68 valence electrons. The highest BCUT2D eigenvalue weighted by Crippen LogP contribution is 2.44. The number of hydrogen-bond donors (Lipinski definition) is 0. The average Bonchev–Trinajstić information content (AvgIpc) is 1.95. The van der Waals surface area contributed by atoms with Crippen LogP contribution in [0.15, 0.2) is 0 Å². The molecule has 0 aromatic heterocycles. The normalized spacial score (nSPS) is 34.4. The van der Waals surface area contributed by atoms with Crippen molar-refractivity contribution in [3.8, 4) is 6.07 Å². The molecule has 0 N–H and O–H groups in total. The van der Waals surface area contributed by atoms with Crippen LogP contribution in [-0.2, 0) is 4.74 Å². The molecule has 1 aliphatic rings. The molecule has 0 spiro atoms. The molecule has 0 saturated heterocycles. The van der Waals surface area contributed by atoms with Crippen molar-refractivity contribution in [2.45, 2.75) is 39.2 Å². The lowest BCUT2D eigenvalue weighted by Gasteiger charge is -2.44. The van der Waals surface area contributed by atoms with Gasteiger partial charge in [-0.25, -0.2) is 0 Å². The van der Waals surface area contributed by atoms with Gasteiger partial charge in [0.25, 0.3) is 0 Å². The number of rotatable bonds is 3. The van der Waals surface area contributed by atoms with E-state index in [0.717, 1.165) is 12.8 Å². The molecule has 2 nitrogen and oxygen atoms in total. The molecule has 1 saturated carbocycles. The lowest BCUT2D eigenvalue weighted by atomic mass is 9.67. The van der Waals surface area contributed by atoms with Gasteiger partial charge in [0.05, 0.1) is 6.07 Å². The Bertz CT molecular complexity index is 187.